The average molecular weight is 1020 g/mol. The minimum atomic E-state index is -0.771. The Hall–Kier alpha value is -2.63. The van der Waals surface area contributed by atoms with Gasteiger partial charge in [-0.25, -0.2) is 0 Å². The lowest BCUT2D eigenvalue weighted by Crippen LogP contribution is -2.30. The fourth-order valence-corrected chi connectivity index (χ4v) is 9.56. The number of unbranched alkanes of at least 4 members (excludes halogenated alkanes) is 40. The van der Waals surface area contributed by atoms with Crippen LogP contribution in [0.2, 0.25) is 0 Å². The third-order valence-electron chi connectivity index (χ3n) is 14.3. The highest BCUT2D eigenvalue weighted by molar-refractivity contribution is 5.71. The van der Waals surface area contributed by atoms with Crippen molar-refractivity contribution >= 4 is 17.9 Å². The minimum absolute atomic E-state index is 0.0688. The molecule has 0 saturated carbocycles. The first-order chi connectivity index (χ1) is 36.0. The molecule has 0 spiro atoms. The van der Waals surface area contributed by atoms with E-state index in [2.05, 4.69) is 69.4 Å². The van der Waals surface area contributed by atoms with Gasteiger partial charge in [-0.05, 0) is 57.8 Å². The monoisotopic (exact) mass is 1020 g/mol. The second-order valence-corrected chi connectivity index (χ2v) is 21.7. The molecule has 0 aromatic carbocycles. The van der Waals surface area contributed by atoms with E-state index >= 15 is 0 Å². The number of carbonyl (C=O) groups excluding carboxylic acids is 3. The molecule has 426 valence electrons. The summed E-state index contributed by atoms with van der Waals surface area (Å²) in [5.74, 6) is -0.850. The standard InChI is InChI=1S/C67H122O6/c1-4-7-10-13-16-19-22-25-27-29-31-33-34-35-37-38-40-42-45-48-51-54-57-60-66(69)72-63-64(62-71-65(68)59-56-53-50-47-44-24-21-18-15-12-9-6-3)73-67(70)61-58-55-52-49-46-43-41-39-36-32-30-28-26-23-20-17-14-11-8-5-2/h7,10,16,19,25,27,31,33,64H,4-6,8-9,11-15,17-18,20-24,26,28-30,32,34-63H2,1-3H3/b10-7-,19-16-,27-25-,33-31-. The molecule has 0 aliphatic carbocycles. The van der Waals surface area contributed by atoms with E-state index in [1.807, 2.05) is 0 Å². The molecule has 0 aliphatic rings. The van der Waals surface area contributed by atoms with Crippen molar-refractivity contribution < 1.29 is 28.6 Å². The Balaban J connectivity index is 4.27. The third-order valence-corrected chi connectivity index (χ3v) is 14.3. The number of allylic oxidation sites excluding steroid dienone is 8. The first-order valence-electron chi connectivity index (χ1n) is 32.1. The van der Waals surface area contributed by atoms with Crippen molar-refractivity contribution in [1.82, 2.24) is 0 Å². The fraction of sp³-hybridized carbons (Fsp3) is 0.836. The minimum Gasteiger partial charge on any atom is -0.462 e. The van der Waals surface area contributed by atoms with Crippen LogP contribution in [0.1, 0.15) is 342 Å². The van der Waals surface area contributed by atoms with Crippen LogP contribution in [-0.2, 0) is 28.6 Å². The Bertz CT molecular complexity index is 1270. The van der Waals surface area contributed by atoms with Crippen LogP contribution in [-0.4, -0.2) is 37.2 Å². The number of carbonyl (C=O) groups is 3. The fourth-order valence-electron chi connectivity index (χ4n) is 9.56. The highest BCUT2D eigenvalue weighted by Crippen LogP contribution is 2.18. The lowest BCUT2D eigenvalue weighted by Gasteiger charge is -2.18. The van der Waals surface area contributed by atoms with Gasteiger partial charge in [0, 0.05) is 19.3 Å². The van der Waals surface area contributed by atoms with Crippen molar-refractivity contribution in [3.8, 4) is 0 Å². The van der Waals surface area contributed by atoms with Crippen LogP contribution in [0, 0.1) is 0 Å². The molecule has 0 aliphatic heterocycles. The summed E-state index contributed by atoms with van der Waals surface area (Å²) in [4.78, 5) is 38.3. The maximum atomic E-state index is 12.9. The number of ether oxygens (including phenoxy) is 3. The maximum absolute atomic E-state index is 12.9. The molecule has 0 rings (SSSR count). The summed E-state index contributed by atoms with van der Waals surface area (Å²) in [5.41, 5.74) is 0. The number of esters is 3. The molecule has 0 radical (unpaired) electrons. The van der Waals surface area contributed by atoms with Crippen LogP contribution in [0.15, 0.2) is 48.6 Å². The van der Waals surface area contributed by atoms with E-state index in [0.29, 0.717) is 19.3 Å². The van der Waals surface area contributed by atoms with Gasteiger partial charge in [0.05, 0.1) is 0 Å². The molecule has 0 fully saturated rings. The normalized spacial score (nSPS) is 12.3. The largest absolute Gasteiger partial charge is 0.462 e. The molecule has 0 amide bonds. The second kappa shape index (κ2) is 61.9. The Morgan fingerprint density at radius 3 is 0.836 bits per heavy atom. The molecule has 6 heteroatoms. The molecular weight excluding hydrogens is 901 g/mol. The van der Waals surface area contributed by atoms with Crippen molar-refractivity contribution in [2.45, 2.75) is 348 Å². The molecule has 0 bridgehead atoms. The second-order valence-electron chi connectivity index (χ2n) is 21.7. The van der Waals surface area contributed by atoms with Crippen LogP contribution in [0.3, 0.4) is 0 Å². The van der Waals surface area contributed by atoms with Crippen molar-refractivity contribution in [3.63, 3.8) is 0 Å². The lowest BCUT2D eigenvalue weighted by atomic mass is 10.0. The zero-order valence-electron chi connectivity index (χ0n) is 48.9. The molecule has 1 atom stereocenters. The smallest absolute Gasteiger partial charge is 0.306 e. The average Bonchev–Trinajstić information content (AvgIpc) is 3.39. The predicted molar refractivity (Wildman–Crippen MR) is 316 cm³/mol. The Labute approximate surface area is 454 Å². The summed E-state index contributed by atoms with van der Waals surface area (Å²) < 4.78 is 16.9. The van der Waals surface area contributed by atoms with E-state index in [-0.39, 0.29) is 31.1 Å². The topological polar surface area (TPSA) is 78.9 Å². The van der Waals surface area contributed by atoms with E-state index in [4.69, 9.17) is 14.2 Å². The van der Waals surface area contributed by atoms with Crippen LogP contribution >= 0.6 is 0 Å². The predicted octanol–water partition coefficient (Wildman–Crippen LogP) is 21.8. The summed E-state index contributed by atoms with van der Waals surface area (Å²) in [6.07, 6.45) is 76.9. The molecule has 1 unspecified atom stereocenters. The summed E-state index contributed by atoms with van der Waals surface area (Å²) in [6.45, 7) is 6.58. The quantitative estimate of drug-likeness (QED) is 0.0261. The molecular formula is C67H122O6. The highest BCUT2D eigenvalue weighted by Gasteiger charge is 2.19. The molecule has 0 saturated heterocycles. The zero-order chi connectivity index (χ0) is 52.9. The van der Waals surface area contributed by atoms with Gasteiger partial charge < -0.3 is 14.2 Å². The van der Waals surface area contributed by atoms with E-state index in [1.165, 1.54) is 218 Å². The van der Waals surface area contributed by atoms with Gasteiger partial charge in [0.15, 0.2) is 6.10 Å². The van der Waals surface area contributed by atoms with Crippen LogP contribution < -0.4 is 0 Å². The number of hydrogen-bond acceptors (Lipinski definition) is 6. The van der Waals surface area contributed by atoms with Gasteiger partial charge in [-0.15, -0.1) is 0 Å². The van der Waals surface area contributed by atoms with Crippen molar-refractivity contribution in [2.24, 2.45) is 0 Å². The van der Waals surface area contributed by atoms with Crippen LogP contribution in [0.25, 0.3) is 0 Å². The highest BCUT2D eigenvalue weighted by atomic mass is 16.6. The van der Waals surface area contributed by atoms with Gasteiger partial charge in [0.2, 0.25) is 0 Å². The maximum Gasteiger partial charge on any atom is 0.306 e. The Morgan fingerprint density at radius 1 is 0.288 bits per heavy atom. The first kappa shape index (κ1) is 70.4. The summed E-state index contributed by atoms with van der Waals surface area (Å²) >= 11 is 0. The van der Waals surface area contributed by atoms with Gasteiger partial charge in [-0.1, -0.05) is 313 Å². The summed E-state index contributed by atoms with van der Waals surface area (Å²) in [7, 11) is 0. The van der Waals surface area contributed by atoms with Gasteiger partial charge in [-0.3, -0.25) is 14.4 Å². The van der Waals surface area contributed by atoms with E-state index in [0.717, 1.165) is 83.5 Å². The zero-order valence-corrected chi connectivity index (χ0v) is 48.9. The molecule has 0 N–H and O–H groups in total. The number of rotatable bonds is 59. The Morgan fingerprint density at radius 2 is 0.534 bits per heavy atom. The number of hydrogen-bond donors (Lipinski definition) is 0. The van der Waals surface area contributed by atoms with E-state index < -0.39 is 6.10 Å². The van der Waals surface area contributed by atoms with Crippen LogP contribution in [0.4, 0.5) is 0 Å². The molecule has 0 aromatic rings. The summed E-state index contributed by atoms with van der Waals surface area (Å²) in [6, 6.07) is 0. The van der Waals surface area contributed by atoms with Crippen molar-refractivity contribution in [2.75, 3.05) is 13.2 Å². The summed E-state index contributed by atoms with van der Waals surface area (Å²) in [5, 5.41) is 0. The van der Waals surface area contributed by atoms with Gasteiger partial charge in [0.1, 0.15) is 13.2 Å². The van der Waals surface area contributed by atoms with Gasteiger partial charge in [0.25, 0.3) is 0 Å². The third kappa shape index (κ3) is 60.1. The van der Waals surface area contributed by atoms with E-state index in [1.54, 1.807) is 0 Å². The SMILES string of the molecule is CC/C=C\C/C=C\C/C=C\C/C=C\CCCCCCCCCCCCC(=O)OCC(COC(=O)CCCCCCCCCCCCCC)OC(=O)CCCCCCCCCCCCCCCCCCCCCC. The van der Waals surface area contributed by atoms with Gasteiger partial charge >= 0.3 is 17.9 Å². The van der Waals surface area contributed by atoms with Gasteiger partial charge in [-0.2, -0.15) is 0 Å². The Kier molecular flexibility index (Phi) is 59.7. The lowest BCUT2D eigenvalue weighted by molar-refractivity contribution is -0.167. The molecule has 6 nitrogen and oxygen atoms in total. The first-order valence-corrected chi connectivity index (χ1v) is 32.1. The molecule has 0 heterocycles. The molecule has 73 heavy (non-hydrogen) atoms. The molecule has 0 aromatic heterocycles. The van der Waals surface area contributed by atoms with Crippen molar-refractivity contribution in [3.05, 3.63) is 48.6 Å². The van der Waals surface area contributed by atoms with Crippen LogP contribution in [0.5, 0.6) is 0 Å². The van der Waals surface area contributed by atoms with Crippen molar-refractivity contribution in [1.29, 1.82) is 0 Å². The van der Waals surface area contributed by atoms with E-state index in [9.17, 15) is 14.4 Å².